The number of aromatic nitrogens is 3. The quantitative estimate of drug-likeness (QED) is 0.757. The summed E-state index contributed by atoms with van der Waals surface area (Å²) in [5, 5.41) is 3.32. The molecular weight excluding hydrogens is 352 g/mol. The lowest BCUT2D eigenvalue weighted by molar-refractivity contribution is 0.0740. The third kappa shape index (κ3) is 4.09. The molecular formula is C21H22N6O. The van der Waals surface area contributed by atoms with Crippen LogP contribution in [0.25, 0.3) is 0 Å². The van der Waals surface area contributed by atoms with Gasteiger partial charge in [-0.05, 0) is 37.3 Å². The number of piperazine rings is 1. The van der Waals surface area contributed by atoms with E-state index in [2.05, 4.69) is 32.1 Å². The molecule has 1 aliphatic heterocycles. The molecule has 28 heavy (non-hydrogen) atoms. The number of anilines is 3. The Balaban J connectivity index is 1.40. The van der Waals surface area contributed by atoms with Crippen molar-refractivity contribution in [1.29, 1.82) is 0 Å². The number of carbonyl (C=O) groups is 1. The predicted octanol–water partition coefficient (Wildman–Crippen LogP) is 2.89. The van der Waals surface area contributed by atoms with Crippen molar-refractivity contribution in [2.75, 3.05) is 36.4 Å². The molecule has 0 aliphatic carbocycles. The molecule has 142 valence electrons. The Bertz CT molecular complexity index is 937. The third-order valence-corrected chi connectivity index (χ3v) is 4.72. The normalized spacial score (nSPS) is 14.0. The largest absolute Gasteiger partial charge is 0.355 e. The molecule has 0 saturated carbocycles. The van der Waals surface area contributed by atoms with E-state index >= 15 is 0 Å². The van der Waals surface area contributed by atoms with Crippen molar-refractivity contribution in [1.82, 2.24) is 19.9 Å². The van der Waals surface area contributed by atoms with Gasteiger partial charge in [-0.2, -0.15) is 0 Å². The van der Waals surface area contributed by atoms with E-state index < -0.39 is 0 Å². The second-order valence-electron chi connectivity index (χ2n) is 6.75. The minimum absolute atomic E-state index is 0.0545. The van der Waals surface area contributed by atoms with Gasteiger partial charge in [0, 0.05) is 56.1 Å². The average Bonchev–Trinajstić information content (AvgIpc) is 2.76. The molecule has 1 aliphatic rings. The molecule has 4 rings (SSSR count). The van der Waals surface area contributed by atoms with Crippen LogP contribution in [0.1, 0.15) is 16.1 Å². The van der Waals surface area contributed by atoms with Crippen LogP contribution in [-0.4, -0.2) is 51.9 Å². The number of nitrogens with zero attached hydrogens (tertiary/aromatic N) is 5. The van der Waals surface area contributed by atoms with Gasteiger partial charge in [0.1, 0.15) is 5.69 Å². The van der Waals surface area contributed by atoms with Crippen molar-refractivity contribution in [2.45, 2.75) is 6.92 Å². The first-order valence-electron chi connectivity index (χ1n) is 9.30. The maximum absolute atomic E-state index is 12.9. The van der Waals surface area contributed by atoms with Gasteiger partial charge in [-0.1, -0.05) is 17.7 Å². The summed E-state index contributed by atoms with van der Waals surface area (Å²) in [7, 11) is 0. The van der Waals surface area contributed by atoms with Gasteiger partial charge >= 0.3 is 0 Å². The molecule has 0 unspecified atom stereocenters. The highest BCUT2D eigenvalue weighted by atomic mass is 16.2. The Morgan fingerprint density at radius 2 is 1.61 bits per heavy atom. The summed E-state index contributed by atoms with van der Waals surface area (Å²) in [6.45, 7) is 4.70. The van der Waals surface area contributed by atoms with Gasteiger partial charge in [0.2, 0.25) is 5.95 Å². The van der Waals surface area contributed by atoms with Crippen LogP contribution >= 0.6 is 0 Å². The summed E-state index contributed by atoms with van der Waals surface area (Å²) >= 11 is 0. The Kier molecular flexibility index (Phi) is 5.14. The van der Waals surface area contributed by atoms with Crippen LogP contribution in [0.15, 0.2) is 61.1 Å². The first-order chi connectivity index (χ1) is 13.7. The van der Waals surface area contributed by atoms with Crippen LogP contribution in [0, 0.1) is 6.92 Å². The van der Waals surface area contributed by atoms with Crippen LogP contribution in [0.4, 0.5) is 17.3 Å². The van der Waals surface area contributed by atoms with Crippen LogP contribution in [0.2, 0.25) is 0 Å². The monoisotopic (exact) mass is 374 g/mol. The van der Waals surface area contributed by atoms with Crippen molar-refractivity contribution in [3.63, 3.8) is 0 Å². The number of nitrogens with one attached hydrogen (secondary N) is 1. The van der Waals surface area contributed by atoms with E-state index in [-0.39, 0.29) is 5.91 Å². The van der Waals surface area contributed by atoms with Gasteiger partial charge < -0.3 is 15.1 Å². The fraction of sp³-hybridized carbons (Fsp3) is 0.238. The van der Waals surface area contributed by atoms with Gasteiger partial charge in [-0.15, -0.1) is 0 Å². The molecule has 0 radical (unpaired) electrons. The molecule has 1 amide bonds. The number of benzene rings is 1. The first kappa shape index (κ1) is 17.9. The van der Waals surface area contributed by atoms with Gasteiger partial charge in [0.05, 0.1) is 0 Å². The number of hydrogen-bond donors (Lipinski definition) is 1. The molecule has 0 bridgehead atoms. The Morgan fingerprint density at radius 1 is 0.893 bits per heavy atom. The zero-order chi connectivity index (χ0) is 19.3. The molecule has 1 aromatic carbocycles. The molecule has 0 atom stereocenters. The lowest BCUT2D eigenvalue weighted by atomic mass is 10.2. The lowest BCUT2D eigenvalue weighted by Crippen LogP contribution is -2.49. The van der Waals surface area contributed by atoms with Crippen molar-refractivity contribution >= 4 is 23.2 Å². The summed E-state index contributed by atoms with van der Waals surface area (Å²) in [4.78, 5) is 29.6. The third-order valence-electron chi connectivity index (χ3n) is 4.72. The molecule has 7 heteroatoms. The fourth-order valence-corrected chi connectivity index (χ4v) is 3.15. The smallest absolute Gasteiger partial charge is 0.272 e. The van der Waals surface area contributed by atoms with E-state index in [0.717, 1.165) is 11.4 Å². The predicted molar refractivity (Wildman–Crippen MR) is 109 cm³/mol. The summed E-state index contributed by atoms with van der Waals surface area (Å²) in [6, 6.07) is 13.6. The Hall–Kier alpha value is -3.48. The second-order valence-corrected chi connectivity index (χ2v) is 6.75. The van der Waals surface area contributed by atoms with Crippen molar-refractivity contribution in [3.8, 4) is 0 Å². The van der Waals surface area contributed by atoms with Crippen molar-refractivity contribution < 1.29 is 4.79 Å². The Morgan fingerprint density at radius 3 is 2.32 bits per heavy atom. The van der Waals surface area contributed by atoms with Crippen LogP contribution < -0.4 is 10.2 Å². The second kappa shape index (κ2) is 8.04. The minimum atomic E-state index is -0.0545. The van der Waals surface area contributed by atoms with E-state index in [9.17, 15) is 4.79 Å². The molecule has 0 spiro atoms. The molecule has 3 aromatic rings. The fourth-order valence-electron chi connectivity index (χ4n) is 3.15. The van der Waals surface area contributed by atoms with Gasteiger partial charge in [0.25, 0.3) is 5.91 Å². The summed E-state index contributed by atoms with van der Waals surface area (Å²) in [5.41, 5.74) is 3.47. The molecule has 1 N–H and O–H groups in total. The van der Waals surface area contributed by atoms with Crippen molar-refractivity contribution in [2.24, 2.45) is 0 Å². The standard InChI is InChI=1S/C21H22N6O/c1-16-3-5-17(6-4-16)25-18-7-10-22-19(15-18)20(28)26-11-13-27(14-12-26)21-23-8-2-9-24-21/h2-10,15H,11-14H2,1H3,(H,22,25). The van der Waals surface area contributed by atoms with Gasteiger partial charge in [-0.3, -0.25) is 9.78 Å². The summed E-state index contributed by atoms with van der Waals surface area (Å²) < 4.78 is 0. The summed E-state index contributed by atoms with van der Waals surface area (Å²) in [5.74, 6) is 0.651. The summed E-state index contributed by atoms with van der Waals surface area (Å²) in [6.07, 6.45) is 5.13. The molecule has 3 heterocycles. The minimum Gasteiger partial charge on any atom is -0.355 e. The van der Waals surface area contributed by atoms with Crippen LogP contribution in [-0.2, 0) is 0 Å². The Labute approximate surface area is 164 Å². The number of rotatable bonds is 4. The van der Waals surface area contributed by atoms with Gasteiger partial charge in [0.15, 0.2) is 0 Å². The lowest BCUT2D eigenvalue weighted by Gasteiger charge is -2.34. The molecule has 1 fully saturated rings. The number of aryl methyl sites for hydroxylation is 1. The zero-order valence-corrected chi connectivity index (χ0v) is 15.7. The highest BCUT2D eigenvalue weighted by molar-refractivity contribution is 5.93. The zero-order valence-electron chi connectivity index (χ0n) is 15.7. The molecule has 2 aromatic heterocycles. The first-order valence-corrected chi connectivity index (χ1v) is 9.30. The van der Waals surface area contributed by atoms with E-state index in [1.807, 2.05) is 35.2 Å². The highest BCUT2D eigenvalue weighted by Gasteiger charge is 2.24. The molecule has 7 nitrogen and oxygen atoms in total. The number of pyridine rings is 1. The van der Waals surface area contributed by atoms with E-state index in [0.29, 0.717) is 37.8 Å². The van der Waals surface area contributed by atoms with E-state index in [4.69, 9.17) is 0 Å². The number of hydrogen-bond acceptors (Lipinski definition) is 6. The number of amides is 1. The maximum atomic E-state index is 12.9. The topological polar surface area (TPSA) is 74.2 Å². The van der Waals surface area contributed by atoms with Crippen LogP contribution in [0.5, 0.6) is 0 Å². The van der Waals surface area contributed by atoms with Gasteiger partial charge in [-0.25, -0.2) is 9.97 Å². The van der Waals surface area contributed by atoms with Crippen LogP contribution in [0.3, 0.4) is 0 Å². The van der Waals surface area contributed by atoms with E-state index in [1.54, 1.807) is 30.7 Å². The average molecular weight is 374 g/mol. The van der Waals surface area contributed by atoms with E-state index in [1.165, 1.54) is 5.56 Å². The maximum Gasteiger partial charge on any atom is 0.272 e. The SMILES string of the molecule is Cc1ccc(Nc2ccnc(C(=O)N3CCN(c4ncccn4)CC3)c2)cc1. The van der Waals surface area contributed by atoms with Crippen molar-refractivity contribution in [3.05, 3.63) is 72.3 Å². The highest BCUT2D eigenvalue weighted by Crippen LogP contribution is 2.18. The number of carbonyl (C=O) groups excluding carboxylic acids is 1. The molecule has 1 saturated heterocycles.